The van der Waals surface area contributed by atoms with E-state index >= 15 is 0 Å². The molecule has 2 atom stereocenters. The molecule has 0 unspecified atom stereocenters. The van der Waals surface area contributed by atoms with Crippen molar-refractivity contribution in [1.82, 2.24) is 5.32 Å². The molecular weight excluding hydrogens is 318 g/mol. The van der Waals surface area contributed by atoms with Gasteiger partial charge >= 0.3 is 11.9 Å². The van der Waals surface area contributed by atoms with Crippen molar-refractivity contribution in [3.8, 4) is 0 Å². The van der Waals surface area contributed by atoms with Crippen molar-refractivity contribution in [3.05, 3.63) is 35.9 Å². The summed E-state index contributed by atoms with van der Waals surface area (Å²) in [5, 5.41) is 3.37. The minimum absolute atomic E-state index is 0.121. The number of hydrogen-bond donors (Lipinski definition) is 1. The van der Waals surface area contributed by atoms with E-state index in [-0.39, 0.29) is 24.4 Å². The van der Waals surface area contributed by atoms with Gasteiger partial charge in [-0.25, -0.2) is 0 Å². The van der Waals surface area contributed by atoms with Gasteiger partial charge in [0.25, 0.3) is 0 Å². The van der Waals surface area contributed by atoms with E-state index in [1.165, 1.54) is 0 Å². The summed E-state index contributed by atoms with van der Waals surface area (Å²) in [6.45, 7) is 10.2. The molecule has 1 N–H and O–H groups in total. The van der Waals surface area contributed by atoms with Gasteiger partial charge in [-0.3, -0.25) is 9.59 Å². The molecule has 0 amide bonds. The molecule has 0 aromatic heterocycles. The lowest BCUT2D eigenvalue weighted by Gasteiger charge is -2.28. The zero-order chi connectivity index (χ0) is 18.9. The van der Waals surface area contributed by atoms with E-state index in [1.807, 2.05) is 58.0 Å². The zero-order valence-electron chi connectivity index (χ0n) is 16.0. The molecule has 5 nitrogen and oxygen atoms in total. The number of rotatable bonds is 9. The van der Waals surface area contributed by atoms with Crippen LogP contribution < -0.4 is 5.32 Å². The van der Waals surface area contributed by atoms with Gasteiger partial charge in [0.2, 0.25) is 0 Å². The molecule has 0 fully saturated rings. The van der Waals surface area contributed by atoms with Crippen LogP contribution in [0.3, 0.4) is 0 Å². The van der Waals surface area contributed by atoms with Gasteiger partial charge in [0.15, 0.2) is 0 Å². The zero-order valence-corrected chi connectivity index (χ0v) is 16.0. The maximum Gasteiger partial charge on any atom is 0.311 e. The molecule has 0 aliphatic rings. The van der Waals surface area contributed by atoms with Crippen molar-refractivity contribution in [1.29, 1.82) is 0 Å². The monoisotopic (exact) mass is 349 g/mol. The smallest absolute Gasteiger partial charge is 0.311 e. The van der Waals surface area contributed by atoms with Crippen molar-refractivity contribution in [2.45, 2.75) is 65.6 Å². The van der Waals surface area contributed by atoms with Crippen molar-refractivity contribution in [2.75, 3.05) is 6.61 Å². The number of benzene rings is 1. The third-order valence-corrected chi connectivity index (χ3v) is 3.75. The van der Waals surface area contributed by atoms with Gasteiger partial charge < -0.3 is 14.8 Å². The predicted octanol–water partition coefficient (Wildman–Crippen LogP) is 3.47. The van der Waals surface area contributed by atoms with Crippen molar-refractivity contribution < 1.29 is 19.1 Å². The Morgan fingerprint density at radius 1 is 1.16 bits per heavy atom. The number of ether oxygens (including phenoxy) is 2. The molecule has 0 aliphatic carbocycles. The molecule has 0 spiro atoms. The van der Waals surface area contributed by atoms with Crippen LogP contribution in [0.2, 0.25) is 0 Å². The molecule has 0 aliphatic heterocycles. The molecule has 0 radical (unpaired) electrons. The minimum atomic E-state index is -0.557. The summed E-state index contributed by atoms with van der Waals surface area (Å²) in [6.07, 6.45) is 0.603. The lowest BCUT2D eigenvalue weighted by Crippen LogP contribution is -2.41. The second-order valence-corrected chi connectivity index (χ2v) is 7.14. The minimum Gasteiger partial charge on any atom is -0.466 e. The average Bonchev–Trinajstić information content (AvgIpc) is 2.52. The number of hydrogen-bond acceptors (Lipinski definition) is 5. The first-order valence-electron chi connectivity index (χ1n) is 8.88. The predicted molar refractivity (Wildman–Crippen MR) is 97.9 cm³/mol. The maximum atomic E-state index is 12.6. The average molecular weight is 349 g/mol. The van der Waals surface area contributed by atoms with Crippen LogP contribution in [0.1, 0.15) is 53.0 Å². The fraction of sp³-hybridized carbons (Fsp3) is 0.600. The van der Waals surface area contributed by atoms with Crippen LogP contribution in [0.15, 0.2) is 30.3 Å². The Labute approximate surface area is 151 Å². The normalized spacial score (nSPS) is 13.8. The topological polar surface area (TPSA) is 64.6 Å². The van der Waals surface area contributed by atoms with E-state index < -0.39 is 11.5 Å². The van der Waals surface area contributed by atoms with Crippen molar-refractivity contribution in [3.63, 3.8) is 0 Å². The number of esters is 2. The standard InChI is InChI=1S/C20H31NO4/c1-6-24-18(22)13-12-17(19(23)25-20(3,4)5)15(2)21-14-16-10-8-7-9-11-16/h7-11,15,17,21H,6,12-14H2,1-5H3/t15-,17+/m1/s1. The lowest BCUT2D eigenvalue weighted by molar-refractivity contribution is -0.161. The Bertz CT molecular complexity index is 536. The third-order valence-electron chi connectivity index (χ3n) is 3.75. The lowest BCUT2D eigenvalue weighted by atomic mass is 9.95. The highest BCUT2D eigenvalue weighted by Crippen LogP contribution is 2.19. The third kappa shape index (κ3) is 8.68. The van der Waals surface area contributed by atoms with Crippen LogP contribution in [-0.2, 0) is 25.6 Å². The molecular formula is C20H31NO4. The van der Waals surface area contributed by atoms with E-state index in [1.54, 1.807) is 6.92 Å². The van der Waals surface area contributed by atoms with Crippen molar-refractivity contribution >= 4 is 11.9 Å². The molecule has 0 bridgehead atoms. The van der Waals surface area contributed by atoms with Gasteiger partial charge in [-0.05, 0) is 46.6 Å². The van der Waals surface area contributed by atoms with E-state index in [9.17, 15) is 9.59 Å². The second kappa shape index (κ2) is 10.2. The van der Waals surface area contributed by atoms with Crippen LogP contribution in [-0.4, -0.2) is 30.2 Å². The van der Waals surface area contributed by atoms with Crippen LogP contribution >= 0.6 is 0 Å². The van der Waals surface area contributed by atoms with Gasteiger partial charge in [0.05, 0.1) is 12.5 Å². The highest BCUT2D eigenvalue weighted by Gasteiger charge is 2.30. The molecule has 140 valence electrons. The SMILES string of the molecule is CCOC(=O)CC[C@H](C(=O)OC(C)(C)C)[C@@H](C)NCc1ccccc1. The van der Waals surface area contributed by atoms with Gasteiger partial charge in [-0.2, -0.15) is 0 Å². The first-order chi connectivity index (χ1) is 11.7. The summed E-state index contributed by atoms with van der Waals surface area (Å²) in [4.78, 5) is 24.2. The maximum absolute atomic E-state index is 12.6. The van der Waals surface area contributed by atoms with E-state index in [0.717, 1.165) is 5.56 Å². The van der Waals surface area contributed by atoms with Gasteiger partial charge in [-0.15, -0.1) is 0 Å². The summed E-state index contributed by atoms with van der Waals surface area (Å²) in [6, 6.07) is 9.86. The number of carbonyl (C=O) groups is 2. The number of carbonyl (C=O) groups excluding carboxylic acids is 2. The summed E-state index contributed by atoms with van der Waals surface area (Å²) in [7, 11) is 0. The molecule has 5 heteroatoms. The first-order valence-corrected chi connectivity index (χ1v) is 8.88. The molecule has 1 rings (SSSR count). The van der Waals surface area contributed by atoms with Crippen LogP contribution in [0.5, 0.6) is 0 Å². The van der Waals surface area contributed by atoms with Gasteiger partial charge in [0.1, 0.15) is 5.60 Å². The molecule has 0 heterocycles. The summed E-state index contributed by atoms with van der Waals surface area (Å²) >= 11 is 0. The fourth-order valence-electron chi connectivity index (χ4n) is 2.47. The molecule has 25 heavy (non-hydrogen) atoms. The highest BCUT2D eigenvalue weighted by atomic mass is 16.6. The Balaban J connectivity index is 2.70. The van der Waals surface area contributed by atoms with E-state index in [0.29, 0.717) is 19.6 Å². The Morgan fingerprint density at radius 2 is 1.80 bits per heavy atom. The summed E-state index contributed by atoms with van der Waals surface area (Å²) in [5.41, 5.74) is 0.584. The quantitative estimate of drug-likeness (QED) is 0.692. The Morgan fingerprint density at radius 3 is 2.36 bits per heavy atom. The summed E-state index contributed by atoms with van der Waals surface area (Å²) in [5.74, 6) is -0.983. The fourth-order valence-corrected chi connectivity index (χ4v) is 2.47. The van der Waals surface area contributed by atoms with Gasteiger partial charge in [0, 0.05) is 19.0 Å². The molecule has 1 aromatic rings. The molecule has 0 saturated heterocycles. The second-order valence-electron chi connectivity index (χ2n) is 7.14. The highest BCUT2D eigenvalue weighted by molar-refractivity contribution is 5.75. The van der Waals surface area contributed by atoms with Crippen molar-refractivity contribution in [2.24, 2.45) is 5.92 Å². The summed E-state index contributed by atoms with van der Waals surface area (Å²) < 4.78 is 10.5. The van der Waals surface area contributed by atoms with Crippen LogP contribution in [0.4, 0.5) is 0 Å². The Hall–Kier alpha value is -1.88. The number of nitrogens with one attached hydrogen (secondary N) is 1. The van der Waals surface area contributed by atoms with Crippen LogP contribution in [0, 0.1) is 5.92 Å². The largest absolute Gasteiger partial charge is 0.466 e. The van der Waals surface area contributed by atoms with Gasteiger partial charge in [-0.1, -0.05) is 30.3 Å². The van der Waals surface area contributed by atoms with E-state index in [2.05, 4.69) is 5.32 Å². The Kier molecular flexibility index (Phi) is 8.62. The first kappa shape index (κ1) is 21.2. The molecule has 1 aromatic carbocycles. The van der Waals surface area contributed by atoms with Crippen LogP contribution in [0.25, 0.3) is 0 Å². The molecule has 0 saturated carbocycles. The van der Waals surface area contributed by atoms with E-state index in [4.69, 9.17) is 9.47 Å².